The fourth-order valence-electron chi connectivity index (χ4n) is 1.60. The van der Waals surface area contributed by atoms with Crippen molar-refractivity contribution in [1.82, 2.24) is 0 Å². The van der Waals surface area contributed by atoms with Gasteiger partial charge in [0.2, 0.25) is 5.96 Å². The van der Waals surface area contributed by atoms with E-state index in [0.29, 0.717) is 0 Å². The fourth-order valence-corrected chi connectivity index (χ4v) is 1.87. The SMILES string of the molecule is NC(N)=N/N=C\c1cccc(-c2ccc(Br)cc2)c1. The lowest BCUT2D eigenvalue weighted by Crippen LogP contribution is -2.21. The third-order valence-corrected chi connectivity index (χ3v) is 2.97. The largest absolute Gasteiger partial charge is 0.369 e. The molecule has 0 aromatic heterocycles. The van der Waals surface area contributed by atoms with Crippen LogP contribution >= 0.6 is 15.9 Å². The molecule has 4 N–H and O–H groups in total. The summed E-state index contributed by atoms with van der Waals surface area (Å²) in [7, 11) is 0. The van der Waals surface area contributed by atoms with E-state index < -0.39 is 0 Å². The molecule has 0 heterocycles. The summed E-state index contributed by atoms with van der Waals surface area (Å²) in [5, 5.41) is 7.36. The van der Waals surface area contributed by atoms with Crippen LogP contribution < -0.4 is 11.5 Å². The molecule has 4 nitrogen and oxygen atoms in total. The topological polar surface area (TPSA) is 76.8 Å². The van der Waals surface area contributed by atoms with Gasteiger partial charge in [0.05, 0.1) is 6.21 Å². The molecule has 19 heavy (non-hydrogen) atoms. The first kappa shape index (κ1) is 13.3. The number of guanidine groups is 1. The van der Waals surface area contributed by atoms with Crippen molar-refractivity contribution < 1.29 is 0 Å². The summed E-state index contributed by atoms with van der Waals surface area (Å²) in [5.74, 6) is -0.0553. The van der Waals surface area contributed by atoms with Crippen LogP contribution in [0, 0.1) is 0 Å². The third-order valence-electron chi connectivity index (χ3n) is 2.44. The smallest absolute Gasteiger partial charge is 0.211 e. The van der Waals surface area contributed by atoms with Gasteiger partial charge in [-0.2, -0.15) is 5.10 Å². The van der Waals surface area contributed by atoms with Crippen molar-refractivity contribution in [3.8, 4) is 11.1 Å². The maximum atomic E-state index is 5.20. The van der Waals surface area contributed by atoms with Crippen LogP contribution in [0.4, 0.5) is 0 Å². The van der Waals surface area contributed by atoms with Crippen molar-refractivity contribution in [3.05, 3.63) is 58.6 Å². The maximum Gasteiger partial charge on any atom is 0.211 e. The Morgan fingerprint density at radius 2 is 1.74 bits per heavy atom. The Kier molecular flexibility index (Phi) is 4.30. The van der Waals surface area contributed by atoms with Gasteiger partial charge in [-0.15, -0.1) is 5.10 Å². The van der Waals surface area contributed by atoms with E-state index in [1.54, 1.807) is 6.21 Å². The second-order valence-electron chi connectivity index (χ2n) is 3.90. The highest BCUT2D eigenvalue weighted by molar-refractivity contribution is 9.10. The van der Waals surface area contributed by atoms with Gasteiger partial charge in [-0.3, -0.25) is 0 Å². The Morgan fingerprint density at radius 1 is 1.00 bits per heavy atom. The number of hydrogen-bond donors (Lipinski definition) is 2. The van der Waals surface area contributed by atoms with E-state index in [4.69, 9.17) is 11.5 Å². The highest BCUT2D eigenvalue weighted by Gasteiger charge is 1.98. The molecule has 0 amide bonds. The molecule has 96 valence electrons. The highest BCUT2D eigenvalue weighted by Crippen LogP contribution is 2.22. The van der Waals surface area contributed by atoms with E-state index in [0.717, 1.165) is 21.2 Å². The van der Waals surface area contributed by atoms with E-state index in [1.165, 1.54) is 0 Å². The van der Waals surface area contributed by atoms with Crippen LogP contribution in [0.1, 0.15) is 5.56 Å². The van der Waals surface area contributed by atoms with Gasteiger partial charge < -0.3 is 11.5 Å². The second-order valence-corrected chi connectivity index (χ2v) is 4.82. The van der Waals surface area contributed by atoms with Gasteiger partial charge in [-0.25, -0.2) is 0 Å². The predicted octanol–water partition coefficient (Wildman–Crippen LogP) is 2.72. The molecular weight excluding hydrogens is 304 g/mol. The first-order valence-corrected chi connectivity index (χ1v) is 6.42. The maximum absolute atomic E-state index is 5.20. The molecule has 0 saturated heterocycles. The number of benzene rings is 2. The molecule has 0 fully saturated rings. The molecule has 0 aliphatic rings. The molecule has 0 aliphatic heterocycles. The van der Waals surface area contributed by atoms with E-state index >= 15 is 0 Å². The number of nitrogens with zero attached hydrogens (tertiary/aromatic N) is 2. The van der Waals surface area contributed by atoms with Gasteiger partial charge in [0, 0.05) is 4.47 Å². The molecule has 2 rings (SSSR count). The monoisotopic (exact) mass is 316 g/mol. The van der Waals surface area contributed by atoms with Crippen LogP contribution in [0.5, 0.6) is 0 Å². The third kappa shape index (κ3) is 3.93. The number of halogens is 1. The standard InChI is InChI=1S/C14H13BrN4/c15-13-6-4-11(5-7-13)12-3-1-2-10(8-12)9-18-19-14(16)17/h1-9H,(H4,16,17,19)/b18-9-. The summed E-state index contributed by atoms with van der Waals surface area (Å²) >= 11 is 3.42. The lowest BCUT2D eigenvalue weighted by Gasteiger charge is -2.02. The van der Waals surface area contributed by atoms with Crippen LogP contribution in [0.25, 0.3) is 11.1 Å². The van der Waals surface area contributed by atoms with Crippen molar-refractivity contribution in [1.29, 1.82) is 0 Å². The zero-order valence-corrected chi connectivity index (χ0v) is 11.7. The summed E-state index contributed by atoms with van der Waals surface area (Å²) in [6, 6.07) is 16.1. The zero-order chi connectivity index (χ0) is 13.7. The Hall–Kier alpha value is -2.14. The second kappa shape index (κ2) is 6.15. The van der Waals surface area contributed by atoms with Crippen molar-refractivity contribution in [2.45, 2.75) is 0 Å². The minimum Gasteiger partial charge on any atom is -0.369 e. The summed E-state index contributed by atoms with van der Waals surface area (Å²) in [4.78, 5) is 0. The van der Waals surface area contributed by atoms with Crippen molar-refractivity contribution >= 4 is 28.1 Å². The molecule has 0 unspecified atom stereocenters. The van der Waals surface area contributed by atoms with E-state index in [9.17, 15) is 0 Å². The van der Waals surface area contributed by atoms with Crippen molar-refractivity contribution in [3.63, 3.8) is 0 Å². The summed E-state index contributed by atoms with van der Waals surface area (Å²) in [5.41, 5.74) is 13.6. The molecule has 0 spiro atoms. The van der Waals surface area contributed by atoms with Crippen LogP contribution in [0.3, 0.4) is 0 Å². The number of hydrogen-bond acceptors (Lipinski definition) is 2. The summed E-state index contributed by atoms with van der Waals surface area (Å²) < 4.78 is 1.06. The van der Waals surface area contributed by atoms with Crippen molar-refractivity contribution in [2.75, 3.05) is 0 Å². The molecule has 2 aromatic rings. The van der Waals surface area contributed by atoms with E-state index in [2.05, 4.69) is 38.3 Å². The van der Waals surface area contributed by atoms with Gasteiger partial charge >= 0.3 is 0 Å². The molecule has 0 radical (unpaired) electrons. The Morgan fingerprint density at radius 3 is 2.42 bits per heavy atom. The zero-order valence-electron chi connectivity index (χ0n) is 10.1. The molecule has 0 saturated carbocycles. The average Bonchev–Trinajstić information content (AvgIpc) is 2.39. The molecule has 2 aromatic carbocycles. The average molecular weight is 317 g/mol. The quantitative estimate of drug-likeness (QED) is 0.519. The Labute approximate surface area is 120 Å². The minimum atomic E-state index is -0.0553. The van der Waals surface area contributed by atoms with Crippen LogP contribution in [-0.4, -0.2) is 12.2 Å². The van der Waals surface area contributed by atoms with Gasteiger partial charge in [-0.1, -0.05) is 46.3 Å². The Balaban J connectivity index is 2.26. The van der Waals surface area contributed by atoms with Crippen LogP contribution in [0.15, 0.2) is 63.2 Å². The van der Waals surface area contributed by atoms with Gasteiger partial charge in [0.15, 0.2) is 0 Å². The van der Waals surface area contributed by atoms with Gasteiger partial charge in [0.25, 0.3) is 0 Å². The van der Waals surface area contributed by atoms with E-state index in [-0.39, 0.29) is 5.96 Å². The lowest BCUT2D eigenvalue weighted by atomic mass is 10.0. The number of nitrogens with two attached hydrogens (primary N) is 2. The van der Waals surface area contributed by atoms with Crippen LogP contribution in [-0.2, 0) is 0 Å². The molecule has 5 heteroatoms. The number of rotatable bonds is 3. The van der Waals surface area contributed by atoms with Gasteiger partial charge in [-0.05, 0) is 34.9 Å². The first-order chi connectivity index (χ1) is 9.15. The lowest BCUT2D eigenvalue weighted by molar-refractivity contribution is 1.21. The molecule has 0 atom stereocenters. The normalized spacial score (nSPS) is 10.6. The Bertz CT molecular complexity index is 614. The summed E-state index contributed by atoms with van der Waals surface area (Å²) in [6.07, 6.45) is 1.61. The fraction of sp³-hybridized carbons (Fsp3) is 0. The summed E-state index contributed by atoms with van der Waals surface area (Å²) in [6.45, 7) is 0. The highest BCUT2D eigenvalue weighted by atomic mass is 79.9. The van der Waals surface area contributed by atoms with Crippen molar-refractivity contribution in [2.24, 2.45) is 21.7 Å². The van der Waals surface area contributed by atoms with E-state index in [1.807, 2.05) is 36.4 Å². The van der Waals surface area contributed by atoms with Crippen LogP contribution in [0.2, 0.25) is 0 Å². The first-order valence-electron chi connectivity index (χ1n) is 5.63. The molecular formula is C14H13BrN4. The molecule has 0 bridgehead atoms. The van der Waals surface area contributed by atoms with Gasteiger partial charge in [0.1, 0.15) is 0 Å². The molecule has 0 aliphatic carbocycles. The predicted molar refractivity (Wildman–Crippen MR) is 83.0 cm³/mol. The minimum absolute atomic E-state index is 0.0553.